The van der Waals surface area contributed by atoms with Crippen LogP contribution in [0.1, 0.15) is 72.5 Å². The van der Waals surface area contributed by atoms with Crippen LogP contribution in [0.15, 0.2) is 79.4 Å². The van der Waals surface area contributed by atoms with Gasteiger partial charge in [0.25, 0.3) is 0 Å². The first-order chi connectivity index (χ1) is 20.5. The normalized spacial score (nSPS) is 15.5. The lowest BCUT2D eigenvalue weighted by molar-refractivity contribution is -0.0501. The predicted molar refractivity (Wildman–Crippen MR) is 166 cm³/mol. The zero-order valence-electron chi connectivity index (χ0n) is 23.5. The molecule has 1 aliphatic carbocycles. The number of anilines is 1. The van der Waals surface area contributed by atoms with Gasteiger partial charge in [0.15, 0.2) is 0 Å². The Bertz CT molecular complexity index is 1730. The number of aromatic nitrogens is 5. The van der Waals surface area contributed by atoms with Crippen LogP contribution in [0.5, 0.6) is 0 Å². The van der Waals surface area contributed by atoms with Crippen molar-refractivity contribution in [1.29, 1.82) is 0 Å². The highest BCUT2D eigenvalue weighted by Gasteiger charge is 2.35. The first kappa shape index (κ1) is 27.9. The van der Waals surface area contributed by atoms with Crippen molar-refractivity contribution in [2.45, 2.75) is 63.1 Å². The predicted octanol–water partition coefficient (Wildman–Crippen LogP) is 6.71. The Morgan fingerprint density at radius 3 is 2.62 bits per heavy atom. The summed E-state index contributed by atoms with van der Waals surface area (Å²) >= 11 is 6.88. The van der Waals surface area contributed by atoms with E-state index in [4.69, 9.17) is 18.0 Å². The standard InChI is InChI=1S/C34H33ClN6O/c1-3-24-20-37-33-28(32(24)38-30(4-2)25-10-6-5-7-11-25)17-23(18-29(33)35)16-27(26-12-8-15-36-19-26)31-21-41(40-39-31)22-34(42)13-9-14-34/h1,5-8,10-12,15,17-21,27,30,42H,4,9,13-14,16,22H2,2H3,(H,37,38)/t27-,30+/m0/s1. The summed E-state index contributed by atoms with van der Waals surface area (Å²) in [4.78, 5) is 9.01. The molecule has 2 atom stereocenters. The molecule has 0 spiro atoms. The first-order valence-corrected chi connectivity index (χ1v) is 14.8. The highest BCUT2D eigenvalue weighted by molar-refractivity contribution is 6.35. The molecule has 0 amide bonds. The molecule has 1 aliphatic rings. The van der Waals surface area contributed by atoms with Crippen LogP contribution >= 0.6 is 11.6 Å². The molecule has 2 N–H and O–H groups in total. The van der Waals surface area contributed by atoms with E-state index in [1.54, 1.807) is 17.1 Å². The Hall–Kier alpha value is -4.25. The van der Waals surface area contributed by atoms with Gasteiger partial charge in [0.05, 0.1) is 45.7 Å². The molecule has 3 heterocycles. The number of nitrogens with zero attached hydrogens (tertiary/aromatic N) is 5. The van der Waals surface area contributed by atoms with Gasteiger partial charge in [-0.25, -0.2) is 4.68 Å². The van der Waals surface area contributed by atoms with Gasteiger partial charge in [-0.15, -0.1) is 11.5 Å². The number of rotatable bonds is 10. The molecule has 42 heavy (non-hydrogen) atoms. The Kier molecular flexibility index (Phi) is 7.92. The molecular formula is C34H33ClN6O. The number of halogens is 1. The summed E-state index contributed by atoms with van der Waals surface area (Å²) in [5.41, 5.74) is 5.56. The summed E-state index contributed by atoms with van der Waals surface area (Å²) < 4.78 is 1.75. The van der Waals surface area contributed by atoms with Crippen molar-refractivity contribution in [3.8, 4) is 12.3 Å². The third-order valence-electron chi connectivity index (χ3n) is 8.25. The second-order valence-electron chi connectivity index (χ2n) is 11.1. The lowest BCUT2D eigenvalue weighted by atomic mass is 9.80. The van der Waals surface area contributed by atoms with Crippen LogP contribution in [0, 0.1) is 12.3 Å². The minimum Gasteiger partial charge on any atom is -0.388 e. The topological polar surface area (TPSA) is 88.8 Å². The maximum absolute atomic E-state index is 10.7. The van der Waals surface area contributed by atoms with Crippen molar-refractivity contribution in [2.24, 2.45) is 0 Å². The summed E-state index contributed by atoms with van der Waals surface area (Å²) in [7, 11) is 0. The number of hydrogen-bond acceptors (Lipinski definition) is 6. The minimum atomic E-state index is -0.693. The minimum absolute atomic E-state index is 0.0648. The van der Waals surface area contributed by atoms with Crippen molar-refractivity contribution in [2.75, 3.05) is 5.32 Å². The fourth-order valence-corrected chi connectivity index (χ4v) is 6.08. The molecule has 8 heteroatoms. The maximum atomic E-state index is 10.7. The maximum Gasteiger partial charge on any atom is 0.0910 e. The summed E-state index contributed by atoms with van der Waals surface area (Å²) in [5, 5.41) is 24.7. The number of fused-ring (bicyclic) bond motifs is 1. The van der Waals surface area contributed by atoms with Gasteiger partial charge < -0.3 is 10.4 Å². The number of pyridine rings is 2. The van der Waals surface area contributed by atoms with Gasteiger partial charge in [-0.05, 0) is 67.0 Å². The molecule has 0 saturated heterocycles. The SMILES string of the molecule is C#Cc1cnc2c(Cl)cc(C[C@@H](c3cccnc3)c3cn(CC4(O)CCC4)nn3)cc2c1N[C@H](CC)c1ccccc1. The third kappa shape index (κ3) is 5.74. The number of terminal acetylenes is 1. The molecule has 1 fully saturated rings. The van der Waals surface area contributed by atoms with E-state index in [1.807, 2.05) is 42.7 Å². The Labute approximate surface area is 251 Å². The van der Waals surface area contributed by atoms with Gasteiger partial charge in [-0.3, -0.25) is 9.97 Å². The lowest BCUT2D eigenvalue weighted by Gasteiger charge is -2.36. The second kappa shape index (κ2) is 11.9. The van der Waals surface area contributed by atoms with Crippen molar-refractivity contribution in [1.82, 2.24) is 25.0 Å². The van der Waals surface area contributed by atoms with Crippen molar-refractivity contribution < 1.29 is 5.11 Å². The highest BCUT2D eigenvalue weighted by atomic mass is 35.5. The summed E-state index contributed by atoms with van der Waals surface area (Å²) in [6.07, 6.45) is 17.3. The Balaban J connectivity index is 1.39. The van der Waals surface area contributed by atoms with Crippen LogP contribution in [0.2, 0.25) is 5.02 Å². The van der Waals surface area contributed by atoms with Gasteiger partial charge in [0.2, 0.25) is 0 Å². The molecule has 0 bridgehead atoms. The Morgan fingerprint density at radius 1 is 1.12 bits per heavy atom. The van der Waals surface area contributed by atoms with Crippen LogP contribution in [-0.4, -0.2) is 35.7 Å². The zero-order valence-corrected chi connectivity index (χ0v) is 24.3. The van der Waals surface area contributed by atoms with E-state index in [1.165, 1.54) is 5.56 Å². The summed E-state index contributed by atoms with van der Waals surface area (Å²) in [5.74, 6) is 2.69. The fourth-order valence-electron chi connectivity index (χ4n) is 5.79. The first-order valence-electron chi connectivity index (χ1n) is 14.4. The van der Waals surface area contributed by atoms with Gasteiger partial charge >= 0.3 is 0 Å². The number of hydrogen-bond donors (Lipinski definition) is 2. The average Bonchev–Trinajstić information content (AvgIpc) is 3.46. The molecule has 3 aromatic heterocycles. The number of nitrogens with one attached hydrogen (secondary N) is 1. The molecule has 2 aromatic carbocycles. The Morgan fingerprint density at radius 2 is 1.93 bits per heavy atom. The van der Waals surface area contributed by atoms with Gasteiger partial charge in [-0.1, -0.05) is 66.1 Å². The summed E-state index contributed by atoms with van der Waals surface area (Å²) in [6, 6.07) is 18.5. The van der Waals surface area contributed by atoms with E-state index in [0.717, 1.165) is 53.6 Å². The van der Waals surface area contributed by atoms with E-state index in [-0.39, 0.29) is 12.0 Å². The molecule has 6 rings (SSSR count). The van der Waals surface area contributed by atoms with Crippen LogP contribution in [-0.2, 0) is 13.0 Å². The molecule has 5 aromatic rings. The van der Waals surface area contributed by atoms with Crippen LogP contribution in [0.3, 0.4) is 0 Å². The van der Waals surface area contributed by atoms with Gasteiger partial charge in [-0.2, -0.15) is 0 Å². The highest BCUT2D eigenvalue weighted by Crippen LogP contribution is 2.37. The van der Waals surface area contributed by atoms with Gasteiger partial charge in [0.1, 0.15) is 0 Å². The second-order valence-corrected chi connectivity index (χ2v) is 11.6. The quantitative estimate of drug-likeness (QED) is 0.180. The molecule has 1 saturated carbocycles. The van der Waals surface area contributed by atoms with Gasteiger partial charge in [0, 0.05) is 36.1 Å². The molecular weight excluding hydrogens is 544 g/mol. The molecule has 7 nitrogen and oxygen atoms in total. The van der Waals surface area contributed by atoms with E-state index < -0.39 is 5.60 Å². The number of benzene rings is 2. The molecule has 0 aliphatic heterocycles. The van der Waals surface area contributed by atoms with E-state index in [9.17, 15) is 5.11 Å². The molecule has 212 valence electrons. The van der Waals surface area contributed by atoms with E-state index in [0.29, 0.717) is 29.1 Å². The van der Waals surface area contributed by atoms with Crippen molar-refractivity contribution in [3.63, 3.8) is 0 Å². The summed E-state index contributed by atoms with van der Waals surface area (Å²) in [6.45, 7) is 2.59. The monoisotopic (exact) mass is 576 g/mol. The molecule has 0 radical (unpaired) electrons. The van der Waals surface area contributed by atoms with Crippen LogP contribution < -0.4 is 5.32 Å². The third-order valence-corrected chi connectivity index (χ3v) is 8.54. The fraction of sp³-hybridized carbons (Fsp3) is 0.294. The van der Waals surface area contributed by atoms with E-state index in [2.05, 4.69) is 62.7 Å². The largest absolute Gasteiger partial charge is 0.388 e. The zero-order chi connectivity index (χ0) is 29.1. The molecule has 0 unspecified atom stereocenters. The lowest BCUT2D eigenvalue weighted by Crippen LogP contribution is -2.41. The average molecular weight is 577 g/mol. The van der Waals surface area contributed by atoms with Crippen molar-refractivity contribution in [3.05, 3.63) is 112 Å². The van der Waals surface area contributed by atoms with Crippen LogP contribution in [0.4, 0.5) is 5.69 Å². The van der Waals surface area contributed by atoms with E-state index >= 15 is 0 Å². The smallest absolute Gasteiger partial charge is 0.0910 e. The van der Waals surface area contributed by atoms with Crippen molar-refractivity contribution >= 4 is 28.2 Å². The van der Waals surface area contributed by atoms with Crippen LogP contribution in [0.25, 0.3) is 10.9 Å². The number of aliphatic hydroxyl groups is 1.